The van der Waals surface area contributed by atoms with Crippen LogP contribution in [-0.4, -0.2) is 25.8 Å². The number of pyridine rings is 3. The van der Waals surface area contributed by atoms with Crippen LogP contribution < -0.4 is 10.7 Å². The molecule has 1 amide bonds. The summed E-state index contributed by atoms with van der Waals surface area (Å²) in [6, 6.07) is 8.92. The fraction of sp³-hybridized carbons (Fsp3) is 0.0556. The highest BCUT2D eigenvalue weighted by Crippen LogP contribution is 2.23. The molecule has 0 saturated carbocycles. The third kappa shape index (κ3) is 2.98. The van der Waals surface area contributed by atoms with Crippen LogP contribution in [0.5, 0.6) is 0 Å². The zero-order valence-corrected chi connectivity index (χ0v) is 14.5. The Morgan fingerprint density at radius 1 is 1.15 bits per heavy atom. The van der Waals surface area contributed by atoms with Crippen molar-refractivity contribution in [1.82, 2.24) is 19.9 Å². The second kappa shape index (κ2) is 6.49. The maximum atomic E-state index is 12.6. The molecule has 4 aromatic rings. The summed E-state index contributed by atoms with van der Waals surface area (Å²) in [6.45, 7) is 1.83. The molecule has 4 rings (SSSR count). The van der Waals surface area contributed by atoms with E-state index in [1.54, 1.807) is 23.7 Å². The standard InChI is InChI=1S/C18H13N5O2S/c1-10-5-6-11-15(24)12(8-20-16(11)21-10)17(25)23-18-22-14(9-26-18)13-4-2-3-7-19-13/h2-9H,1H3,(H,20,21,24)(H,22,23,25). The normalized spacial score (nSPS) is 10.8. The molecule has 0 aliphatic heterocycles. The second-order valence-electron chi connectivity index (χ2n) is 5.59. The summed E-state index contributed by atoms with van der Waals surface area (Å²) in [4.78, 5) is 40.8. The largest absolute Gasteiger partial charge is 0.345 e. The fourth-order valence-electron chi connectivity index (χ4n) is 2.50. The van der Waals surface area contributed by atoms with Crippen molar-refractivity contribution in [3.63, 3.8) is 0 Å². The van der Waals surface area contributed by atoms with Crippen LogP contribution >= 0.6 is 11.3 Å². The van der Waals surface area contributed by atoms with Crippen molar-refractivity contribution in [3.05, 3.63) is 69.6 Å². The lowest BCUT2D eigenvalue weighted by Crippen LogP contribution is -2.22. The highest BCUT2D eigenvalue weighted by molar-refractivity contribution is 7.14. The minimum absolute atomic E-state index is 0.0118. The molecule has 0 fully saturated rings. The van der Waals surface area contributed by atoms with E-state index in [2.05, 4.69) is 25.3 Å². The first-order chi connectivity index (χ1) is 12.6. The molecule has 26 heavy (non-hydrogen) atoms. The summed E-state index contributed by atoms with van der Waals surface area (Å²) in [5, 5.41) is 5.24. The summed E-state index contributed by atoms with van der Waals surface area (Å²) in [5.74, 6) is -0.518. The Kier molecular flexibility index (Phi) is 4.02. The van der Waals surface area contributed by atoms with Crippen LogP contribution in [-0.2, 0) is 0 Å². The number of H-pyrrole nitrogens is 1. The highest BCUT2D eigenvalue weighted by Gasteiger charge is 2.15. The number of aromatic amines is 1. The molecule has 0 aromatic carbocycles. The van der Waals surface area contributed by atoms with E-state index in [0.717, 1.165) is 5.69 Å². The minimum Gasteiger partial charge on any atom is -0.345 e. The smallest absolute Gasteiger partial charge is 0.262 e. The summed E-state index contributed by atoms with van der Waals surface area (Å²) < 4.78 is 0. The molecule has 0 aliphatic carbocycles. The monoisotopic (exact) mass is 363 g/mol. The molecule has 0 bridgehead atoms. The number of nitrogens with one attached hydrogen (secondary N) is 2. The zero-order chi connectivity index (χ0) is 18.1. The van der Waals surface area contributed by atoms with Crippen molar-refractivity contribution in [3.8, 4) is 11.4 Å². The molecule has 0 spiro atoms. The molecule has 2 N–H and O–H groups in total. The number of aromatic nitrogens is 4. The van der Waals surface area contributed by atoms with Gasteiger partial charge in [-0.25, -0.2) is 9.97 Å². The Labute approximate surface area is 151 Å². The van der Waals surface area contributed by atoms with Gasteiger partial charge >= 0.3 is 0 Å². The molecule has 0 unspecified atom stereocenters. The van der Waals surface area contributed by atoms with Gasteiger partial charge in [0, 0.05) is 23.5 Å². The van der Waals surface area contributed by atoms with Crippen molar-refractivity contribution < 1.29 is 4.79 Å². The van der Waals surface area contributed by atoms with E-state index < -0.39 is 5.91 Å². The Hall–Kier alpha value is -3.39. The SMILES string of the molecule is Cc1ccc2c(=O)c(C(=O)Nc3nc(-c4ccccn4)cs3)c[nH]c2n1. The van der Waals surface area contributed by atoms with E-state index in [-0.39, 0.29) is 11.0 Å². The van der Waals surface area contributed by atoms with Gasteiger partial charge in [0.15, 0.2) is 5.13 Å². The molecule has 4 heterocycles. The summed E-state index contributed by atoms with van der Waals surface area (Å²) in [7, 11) is 0. The van der Waals surface area contributed by atoms with Crippen molar-refractivity contribution in [2.75, 3.05) is 5.32 Å². The lowest BCUT2D eigenvalue weighted by molar-refractivity contribution is 0.102. The number of aryl methyl sites for hydroxylation is 1. The molecular formula is C18H13N5O2S. The van der Waals surface area contributed by atoms with Crippen LogP contribution in [0.2, 0.25) is 0 Å². The van der Waals surface area contributed by atoms with Gasteiger partial charge in [0.2, 0.25) is 5.43 Å². The maximum absolute atomic E-state index is 12.6. The molecule has 8 heteroatoms. The van der Waals surface area contributed by atoms with Crippen LogP contribution in [0.3, 0.4) is 0 Å². The van der Waals surface area contributed by atoms with Gasteiger partial charge in [-0.15, -0.1) is 11.3 Å². The number of hydrogen-bond donors (Lipinski definition) is 2. The second-order valence-corrected chi connectivity index (χ2v) is 6.45. The third-order valence-corrected chi connectivity index (χ3v) is 4.53. The van der Waals surface area contributed by atoms with Crippen molar-refractivity contribution in [2.24, 2.45) is 0 Å². The average Bonchev–Trinajstić information content (AvgIpc) is 3.11. The molecule has 0 radical (unpaired) electrons. The van der Waals surface area contributed by atoms with Gasteiger partial charge in [-0.2, -0.15) is 0 Å². The van der Waals surface area contributed by atoms with E-state index in [0.29, 0.717) is 27.6 Å². The Bertz CT molecular complexity index is 1170. The Morgan fingerprint density at radius 2 is 2.04 bits per heavy atom. The Morgan fingerprint density at radius 3 is 2.85 bits per heavy atom. The number of amides is 1. The first kappa shape index (κ1) is 16.1. The number of anilines is 1. The van der Waals surface area contributed by atoms with Crippen LogP contribution in [0.15, 0.2) is 52.9 Å². The van der Waals surface area contributed by atoms with Gasteiger partial charge < -0.3 is 4.98 Å². The predicted molar refractivity (Wildman–Crippen MR) is 100 cm³/mol. The molecule has 0 saturated heterocycles. The van der Waals surface area contributed by atoms with Gasteiger partial charge in [-0.05, 0) is 31.2 Å². The number of hydrogen-bond acceptors (Lipinski definition) is 6. The zero-order valence-electron chi connectivity index (χ0n) is 13.7. The van der Waals surface area contributed by atoms with Gasteiger partial charge in [0.25, 0.3) is 5.91 Å². The molecular weight excluding hydrogens is 350 g/mol. The quantitative estimate of drug-likeness (QED) is 0.583. The number of nitrogens with zero attached hydrogens (tertiary/aromatic N) is 3. The van der Waals surface area contributed by atoms with Crippen LogP contribution in [0.1, 0.15) is 16.1 Å². The van der Waals surface area contributed by atoms with Crippen molar-refractivity contribution in [1.29, 1.82) is 0 Å². The van der Waals surface area contributed by atoms with E-state index in [1.165, 1.54) is 17.5 Å². The molecule has 0 atom stereocenters. The number of carbonyl (C=O) groups is 1. The average molecular weight is 363 g/mol. The fourth-order valence-corrected chi connectivity index (χ4v) is 3.20. The maximum Gasteiger partial charge on any atom is 0.262 e. The van der Waals surface area contributed by atoms with Gasteiger partial charge in [0.1, 0.15) is 16.9 Å². The van der Waals surface area contributed by atoms with E-state index in [4.69, 9.17) is 0 Å². The number of carbonyl (C=O) groups excluding carboxylic acids is 1. The van der Waals surface area contributed by atoms with E-state index >= 15 is 0 Å². The molecule has 0 aliphatic rings. The highest BCUT2D eigenvalue weighted by atomic mass is 32.1. The predicted octanol–water partition coefficient (Wildman–Crippen LogP) is 3.00. The summed E-state index contributed by atoms with van der Waals surface area (Å²) in [6.07, 6.45) is 3.05. The lowest BCUT2D eigenvalue weighted by atomic mass is 10.2. The lowest BCUT2D eigenvalue weighted by Gasteiger charge is -2.03. The molecule has 128 valence electrons. The van der Waals surface area contributed by atoms with Crippen molar-refractivity contribution in [2.45, 2.75) is 6.92 Å². The number of fused-ring (bicyclic) bond motifs is 1. The first-order valence-corrected chi connectivity index (χ1v) is 8.67. The van der Waals surface area contributed by atoms with Crippen molar-refractivity contribution >= 4 is 33.4 Å². The van der Waals surface area contributed by atoms with Gasteiger partial charge in [0.05, 0.1) is 11.1 Å². The molecule has 7 nitrogen and oxygen atoms in total. The van der Waals surface area contributed by atoms with Crippen LogP contribution in [0.4, 0.5) is 5.13 Å². The van der Waals surface area contributed by atoms with E-state index in [9.17, 15) is 9.59 Å². The summed E-state index contributed by atoms with van der Waals surface area (Å²) >= 11 is 1.27. The van der Waals surface area contributed by atoms with Crippen LogP contribution in [0, 0.1) is 6.92 Å². The minimum atomic E-state index is -0.518. The first-order valence-electron chi connectivity index (χ1n) is 7.79. The van der Waals surface area contributed by atoms with Gasteiger partial charge in [-0.1, -0.05) is 6.07 Å². The van der Waals surface area contributed by atoms with Crippen LogP contribution in [0.25, 0.3) is 22.4 Å². The van der Waals surface area contributed by atoms with E-state index in [1.807, 2.05) is 25.1 Å². The molecule has 4 aromatic heterocycles. The third-order valence-electron chi connectivity index (χ3n) is 3.77. The Balaban J connectivity index is 1.62. The number of thiazole rings is 1. The topological polar surface area (TPSA) is 101 Å². The number of rotatable bonds is 3. The summed E-state index contributed by atoms with van der Waals surface area (Å²) in [5.41, 5.74) is 2.27. The van der Waals surface area contributed by atoms with Gasteiger partial charge in [-0.3, -0.25) is 19.9 Å².